The Balaban J connectivity index is 2.07. The molecule has 1 heterocycles. The van der Waals surface area contributed by atoms with Crippen LogP contribution >= 0.6 is 35.0 Å². The molecule has 0 unspecified atom stereocenters. The van der Waals surface area contributed by atoms with Gasteiger partial charge in [0.1, 0.15) is 5.75 Å². The van der Waals surface area contributed by atoms with Gasteiger partial charge in [-0.3, -0.25) is 9.36 Å². The lowest BCUT2D eigenvalue weighted by Gasteiger charge is -2.14. The fourth-order valence-electron chi connectivity index (χ4n) is 2.60. The molecule has 1 amide bonds. The summed E-state index contributed by atoms with van der Waals surface area (Å²) in [5.41, 5.74) is 1.43. The molecular weight excluding hydrogens is 431 g/mol. The average molecular weight is 449 g/mol. The first-order valence-corrected chi connectivity index (χ1v) is 10.3. The van der Waals surface area contributed by atoms with E-state index in [2.05, 4.69) is 22.1 Å². The normalized spacial score (nSPS) is 10.6. The Hall–Kier alpha value is -2.48. The van der Waals surface area contributed by atoms with Crippen molar-refractivity contribution in [1.29, 1.82) is 0 Å². The Kier molecular flexibility index (Phi) is 7.19. The molecule has 3 aromatic rings. The SMILES string of the molecule is C=CCNC(=O)CSc1nnc(-c2cccc(Cl)c2)n1-c1cc(Cl)ccc1OC. The van der Waals surface area contributed by atoms with Gasteiger partial charge >= 0.3 is 0 Å². The summed E-state index contributed by atoms with van der Waals surface area (Å²) in [5, 5.41) is 13.0. The topological polar surface area (TPSA) is 69.0 Å². The molecule has 1 aromatic heterocycles. The minimum absolute atomic E-state index is 0.133. The smallest absolute Gasteiger partial charge is 0.230 e. The van der Waals surface area contributed by atoms with E-state index < -0.39 is 0 Å². The van der Waals surface area contributed by atoms with Crippen molar-refractivity contribution in [3.05, 3.63) is 65.2 Å². The summed E-state index contributed by atoms with van der Waals surface area (Å²) >= 11 is 13.7. The minimum atomic E-state index is -0.133. The first-order chi connectivity index (χ1) is 14.0. The molecule has 0 saturated carbocycles. The molecule has 2 aromatic carbocycles. The number of nitrogens with zero attached hydrogens (tertiary/aromatic N) is 3. The van der Waals surface area contributed by atoms with E-state index in [1.54, 1.807) is 43.5 Å². The van der Waals surface area contributed by atoms with Crippen molar-refractivity contribution < 1.29 is 9.53 Å². The highest BCUT2D eigenvalue weighted by atomic mass is 35.5. The average Bonchev–Trinajstić information content (AvgIpc) is 3.14. The molecule has 9 heteroatoms. The maximum Gasteiger partial charge on any atom is 0.230 e. The largest absolute Gasteiger partial charge is 0.495 e. The number of thioether (sulfide) groups is 1. The highest BCUT2D eigenvalue weighted by Gasteiger charge is 2.20. The molecule has 150 valence electrons. The third-order valence-corrected chi connectivity index (χ3v) is 5.27. The molecule has 0 bridgehead atoms. The molecule has 0 aliphatic carbocycles. The summed E-state index contributed by atoms with van der Waals surface area (Å²) in [6, 6.07) is 12.6. The summed E-state index contributed by atoms with van der Waals surface area (Å²) < 4.78 is 7.32. The Morgan fingerprint density at radius 2 is 2.03 bits per heavy atom. The second-order valence-electron chi connectivity index (χ2n) is 5.85. The number of rotatable bonds is 8. The molecule has 6 nitrogen and oxygen atoms in total. The number of aromatic nitrogens is 3. The molecule has 0 saturated heterocycles. The van der Waals surface area contributed by atoms with Crippen LogP contribution in [-0.4, -0.2) is 40.1 Å². The first kappa shape index (κ1) is 21.2. The Labute approximate surface area is 182 Å². The van der Waals surface area contributed by atoms with Crippen LogP contribution in [-0.2, 0) is 4.79 Å². The lowest BCUT2D eigenvalue weighted by atomic mass is 10.2. The first-order valence-electron chi connectivity index (χ1n) is 8.59. The maximum absolute atomic E-state index is 12.0. The zero-order chi connectivity index (χ0) is 20.8. The number of carbonyl (C=O) groups excluding carboxylic acids is 1. The van der Waals surface area contributed by atoms with Gasteiger partial charge in [0.05, 0.1) is 18.6 Å². The quantitative estimate of drug-likeness (QED) is 0.401. The predicted octanol–water partition coefficient (Wildman–Crippen LogP) is 4.64. The Morgan fingerprint density at radius 3 is 2.76 bits per heavy atom. The van der Waals surface area contributed by atoms with Gasteiger partial charge in [-0.05, 0) is 30.3 Å². The number of methoxy groups -OCH3 is 1. The Bertz CT molecular complexity index is 1040. The molecule has 0 spiro atoms. The van der Waals surface area contributed by atoms with E-state index in [9.17, 15) is 4.79 Å². The molecule has 0 aliphatic rings. The molecule has 0 aliphatic heterocycles. The van der Waals surface area contributed by atoms with Crippen LogP contribution in [0.2, 0.25) is 10.0 Å². The summed E-state index contributed by atoms with van der Waals surface area (Å²) in [7, 11) is 1.58. The molecule has 0 fully saturated rings. The van der Waals surface area contributed by atoms with E-state index in [4.69, 9.17) is 27.9 Å². The van der Waals surface area contributed by atoms with Crippen molar-refractivity contribution in [2.75, 3.05) is 19.4 Å². The van der Waals surface area contributed by atoms with Crippen molar-refractivity contribution in [3.63, 3.8) is 0 Å². The molecule has 29 heavy (non-hydrogen) atoms. The van der Waals surface area contributed by atoms with Crippen LogP contribution in [0.15, 0.2) is 60.3 Å². The third-order valence-electron chi connectivity index (χ3n) is 3.87. The highest BCUT2D eigenvalue weighted by Crippen LogP contribution is 2.34. The summed E-state index contributed by atoms with van der Waals surface area (Å²) in [6.45, 7) is 4.00. The number of carbonyl (C=O) groups is 1. The van der Waals surface area contributed by atoms with Crippen molar-refractivity contribution in [2.45, 2.75) is 5.16 Å². The lowest BCUT2D eigenvalue weighted by molar-refractivity contribution is -0.118. The highest BCUT2D eigenvalue weighted by molar-refractivity contribution is 7.99. The van der Waals surface area contributed by atoms with Crippen LogP contribution in [0.3, 0.4) is 0 Å². The number of amides is 1. The van der Waals surface area contributed by atoms with Gasteiger partial charge in [-0.25, -0.2) is 0 Å². The maximum atomic E-state index is 12.0. The van der Waals surface area contributed by atoms with Gasteiger partial charge in [-0.2, -0.15) is 0 Å². The number of halogens is 2. The summed E-state index contributed by atoms with van der Waals surface area (Å²) in [4.78, 5) is 12.0. The van der Waals surface area contributed by atoms with Gasteiger partial charge in [0.15, 0.2) is 11.0 Å². The second-order valence-corrected chi connectivity index (χ2v) is 7.66. The van der Waals surface area contributed by atoms with Crippen LogP contribution in [0.5, 0.6) is 5.75 Å². The van der Waals surface area contributed by atoms with Crippen molar-refractivity contribution in [2.24, 2.45) is 0 Å². The van der Waals surface area contributed by atoms with Gasteiger partial charge in [0, 0.05) is 22.2 Å². The fraction of sp³-hybridized carbons (Fsp3) is 0.150. The van der Waals surface area contributed by atoms with Gasteiger partial charge in [-0.15, -0.1) is 16.8 Å². The van der Waals surface area contributed by atoms with E-state index >= 15 is 0 Å². The summed E-state index contributed by atoms with van der Waals surface area (Å²) in [5.74, 6) is 1.19. The van der Waals surface area contributed by atoms with Crippen LogP contribution in [0.1, 0.15) is 0 Å². The van der Waals surface area contributed by atoms with Crippen molar-refractivity contribution in [1.82, 2.24) is 20.1 Å². The van der Waals surface area contributed by atoms with E-state index in [-0.39, 0.29) is 11.7 Å². The number of nitrogens with one attached hydrogen (secondary N) is 1. The molecular formula is C20H18Cl2N4O2S. The van der Waals surface area contributed by atoms with Gasteiger partial charge in [-0.1, -0.05) is 53.2 Å². The summed E-state index contributed by atoms with van der Waals surface area (Å²) in [6.07, 6.45) is 1.62. The fourth-order valence-corrected chi connectivity index (χ4v) is 3.73. The van der Waals surface area contributed by atoms with Crippen molar-refractivity contribution >= 4 is 40.9 Å². The predicted molar refractivity (Wildman–Crippen MR) is 117 cm³/mol. The van der Waals surface area contributed by atoms with Crippen LogP contribution < -0.4 is 10.1 Å². The number of benzene rings is 2. The Morgan fingerprint density at radius 1 is 1.24 bits per heavy atom. The van der Waals surface area contributed by atoms with Crippen LogP contribution in [0, 0.1) is 0 Å². The van der Waals surface area contributed by atoms with Gasteiger partial charge in [0.25, 0.3) is 0 Å². The number of hydrogen-bond donors (Lipinski definition) is 1. The van der Waals surface area contributed by atoms with E-state index in [1.165, 1.54) is 11.8 Å². The second kappa shape index (κ2) is 9.82. The minimum Gasteiger partial charge on any atom is -0.495 e. The molecule has 0 radical (unpaired) electrons. The third kappa shape index (κ3) is 5.12. The van der Waals surface area contributed by atoms with Gasteiger partial charge < -0.3 is 10.1 Å². The molecule has 3 rings (SSSR count). The molecule has 1 N–H and O–H groups in total. The monoisotopic (exact) mass is 448 g/mol. The van der Waals surface area contributed by atoms with E-state index in [1.807, 2.05) is 16.7 Å². The van der Waals surface area contributed by atoms with Crippen LogP contribution in [0.4, 0.5) is 0 Å². The van der Waals surface area contributed by atoms with Crippen LogP contribution in [0.25, 0.3) is 17.1 Å². The van der Waals surface area contributed by atoms with Crippen molar-refractivity contribution in [3.8, 4) is 22.8 Å². The van der Waals surface area contributed by atoms with E-state index in [0.29, 0.717) is 39.0 Å². The number of ether oxygens (including phenoxy) is 1. The van der Waals surface area contributed by atoms with Gasteiger partial charge in [0.2, 0.25) is 5.91 Å². The standard InChI is InChI=1S/C20H18Cl2N4O2S/c1-3-9-23-18(27)12-29-20-25-24-19(13-5-4-6-14(21)10-13)26(20)16-11-15(22)7-8-17(16)28-2/h3-8,10-11H,1,9,12H2,2H3,(H,23,27). The lowest BCUT2D eigenvalue weighted by Crippen LogP contribution is -2.25. The zero-order valence-electron chi connectivity index (χ0n) is 15.6. The van der Waals surface area contributed by atoms with E-state index in [0.717, 1.165) is 5.56 Å². The zero-order valence-corrected chi connectivity index (χ0v) is 17.9. The molecule has 0 atom stereocenters. The number of hydrogen-bond acceptors (Lipinski definition) is 5.